The predicted molar refractivity (Wildman–Crippen MR) is 108 cm³/mol. The van der Waals surface area contributed by atoms with Gasteiger partial charge in [-0.25, -0.2) is 0 Å². The van der Waals surface area contributed by atoms with Crippen LogP contribution >= 0.6 is 0 Å². The Morgan fingerprint density at radius 1 is 1.10 bits per heavy atom. The number of pyridine rings is 1. The molecule has 1 aromatic carbocycles. The summed E-state index contributed by atoms with van der Waals surface area (Å²) in [4.78, 5) is 25.4. The summed E-state index contributed by atoms with van der Waals surface area (Å²) >= 11 is 0. The predicted octanol–water partition coefficient (Wildman–Crippen LogP) is 2.09. The fraction of sp³-hybridized carbons (Fsp3) is 0.364. The van der Waals surface area contributed by atoms with Crippen molar-refractivity contribution in [3.63, 3.8) is 0 Å². The smallest absolute Gasteiger partial charge is 0.257 e. The van der Waals surface area contributed by atoms with Gasteiger partial charge in [-0.05, 0) is 29.7 Å². The summed E-state index contributed by atoms with van der Waals surface area (Å²) < 4.78 is 11.2. The van der Waals surface area contributed by atoms with Gasteiger partial charge in [0.05, 0.1) is 19.7 Å². The van der Waals surface area contributed by atoms with Crippen LogP contribution in [-0.4, -0.2) is 63.6 Å². The van der Waals surface area contributed by atoms with Crippen molar-refractivity contribution in [2.75, 3.05) is 32.8 Å². The number of benzene rings is 1. The number of morpholine rings is 1. The Hall–Kier alpha value is -3.10. The van der Waals surface area contributed by atoms with Crippen LogP contribution in [0.2, 0.25) is 0 Å². The van der Waals surface area contributed by atoms with Crippen LogP contribution in [0, 0.1) is 0 Å². The van der Waals surface area contributed by atoms with Gasteiger partial charge in [0, 0.05) is 37.6 Å². The summed E-state index contributed by atoms with van der Waals surface area (Å²) in [5, 5.41) is 4.04. The van der Waals surface area contributed by atoms with E-state index in [1.165, 1.54) is 11.1 Å². The molecule has 8 nitrogen and oxygen atoms in total. The lowest BCUT2D eigenvalue weighted by Crippen LogP contribution is -2.47. The maximum atomic E-state index is 12.9. The molecule has 2 aromatic heterocycles. The van der Waals surface area contributed by atoms with Gasteiger partial charge in [-0.1, -0.05) is 29.4 Å². The van der Waals surface area contributed by atoms with Crippen LogP contribution in [0.3, 0.4) is 0 Å². The molecule has 0 N–H and O–H groups in total. The van der Waals surface area contributed by atoms with E-state index in [2.05, 4.69) is 44.3 Å². The minimum Gasteiger partial charge on any atom is -0.365 e. The van der Waals surface area contributed by atoms with Gasteiger partial charge in [-0.15, -0.1) is 0 Å². The maximum absolute atomic E-state index is 12.9. The molecule has 0 spiro atoms. The van der Waals surface area contributed by atoms with Crippen molar-refractivity contribution in [1.29, 1.82) is 0 Å². The van der Waals surface area contributed by atoms with Gasteiger partial charge >= 0.3 is 0 Å². The molecular formula is C22H23N5O3. The van der Waals surface area contributed by atoms with E-state index in [4.69, 9.17) is 9.26 Å². The third-order valence-corrected chi connectivity index (χ3v) is 5.64. The summed E-state index contributed by atoms with van der Waals surface area (Å²) in [6, 6.07) is 12.1. The van der Waals surface area contributed by atoms with Crippen LogP contribution in [0.1, 0.15) is 23.1 Å². The fourth-order valence-electron chi connectivity index (χ4n) is 3.99. The number of nitrogens with zero attached hydrogens (tertiary/aromatic N) is 5. The average molecular weight is 405 g/mol. The molecule has 0 saturated carbocycles. The topological polar surface area (TPSA) is 84.6 Å². The van der Waals surface area contributed by atoms with E-state index in [-0.39, 0.29) is 5.91 Å². The van der Waals surface area contributed by atoms with Crippen LogP contribution in [-0.2, 0) is 22.5 Å². The minimum absolute atomic E-state index is 0.108. The second-order valence-electron chi connectivity index (χ2n) is 7.62. The van der Waals surface area contributed by atoms with Crippen molar-refractivity contribution < 1.29 is 14.1 Å². The first kappa shape index (κ1) is 18.9. The van der Waals surface area contributed by atoms with Crippen molar-refractivity contribution in [1.82, 2.24) is 24.9 Å². The molecule has 2 aliphatic rings. The highest BCUT2D eigenvalue weighted by atomic mass is 16.5. The number of amides is 1. The lowest BCUT2D eigenvalue weighted by Gasteiger charge is -2.34. The van der Waals surface area contributed by atoms with Gasteiger partial charge in [0.25, 0.3) is 5.89 Å². The molecular weight excluding hydrogens is 382 g/mol. The molecule has 1 unspecified atom stereocenters. The first-order chi connectivity index (χ1) is 14.8. The highest BCUT2D eigenvalue weighted by Crippen LogP contribution is 2.24. The molecule has 0 aliphatic carbocycles. The van der Waals surface area contributed by atoms with Gasteiger partial charge in [0.15, 0.2) is 6.10 Å². The molecule has 0 radical (unpaired) electrons. The Bertz CT molecular complexity index is 1020. The molecule has 5 rings (SSSR count). The number of ether oxygens (including phenoxy) is 1. The van der Waals surface area contributed by atoms with Crippen molar-refractivity contribution in [3.05, 3.63) is 65.8 Å². The van der Waals surface area contributed by atoms with Crippen LogP contribution < -0.4 is 0 Å². The Morgan fingerprint density at radius 3 is 2.80 bits per heavy atom. The molecule has 154 valence electrons. The maximum Gasteiger partial charge on any atom is 0.257 e. The third kappa shape index (κ3) is 3.96. The summed E-state index contributed by atoms with van der Waals surface area (Å²) in [6.07, 6.45) is 3.94. The molecule has 2 aliphatic heterocycles. The van der Waals surface area contributed by atoms with Crippen LogP contribution in [0.15, 0.2) is 53.3 Å². The van der Waals surface area contributed by atoms with Gasteiger partial charge in [-0.2, -0.15) is 4.98 Å². The number of carbonyl (C=O) groups is 1. The van der Waals surface area contributed by atoms with E-state index in [1.807, 2.05) is 17.0 Å². The number of carbonyl (C=O) groups excluding carboxylic acids is 1. The first-order valence-corrected chi connectivity index (χ1v) is 10.2. The second kappa shape index (κ2) is 8.33. The first-order valence-electron chi connectivity index (χ1n) is 10.2. The Morgan fingerprint density at radius 2 is 1.93 bits per heavy atom. The average Bonchev–Trinajstić information content (AvgIpc) is 3.30. The third-order valence-electron chi connectivity index (χ3n) is 5.64. The minimum atomic E-state index is -0.409. The molecule has 8 heteroatoms. The molecule has 1 saturated heterocycles. The van der Waals surface area contributed by atoms with Gasteiger partial charge in [0.1, 0.15) is 0 Å². The highest BCUT2D eigenvalue weighted by molar-refractivity contribution is 5.78. The molecule has 30 heavy (non-hydrogen) atoms. The molecule has 1 atom stereocenters. The molecule has 1 amide bonds. The van der Waals surface area contributed by atoms with Gasteiger partial charge in [-0.3, -0.25) is 14.7 Å². The summed E-state index contributed by atoms with van der Waals surface area (Å²) in [7, 11) is 0. The highest BCUT2D eigenvalue weighted by Gasteiger charge is 2.30. The summed E-state index contributed by atoms with van der Waals surface area (Å²) in [6.45, 7) is 3.57. The molecule has 3 aromatic rings. The van der Waals surface area contributed by atoms with E-state index >= 15 is 0 Å². The van der Waals surface area contributed by atoms with Crippen molar-refractivity contribution in [2.24, 2.45) is 0 Å². The lowest BCUT2D eigenvalue weighted by atomic mass is 10.00. The van der Waals surface area contributed by atoms with Crippen molar-refractivity contribution in [2.45, 2.75) is 19.1 Å². The standard InChI is InChI=1S/C22H23N5O3/c28-20(15-26-10-7-16-3-1-2-4-18(16)13-26)27-11-12-29-19(14-27)22-24-21(25-30-22)17-5-8-23-9-6-17/h1-6,8-9,19H,7,10-15H2. The number of hydrogen-bond acceptors (Lipinski definition) is 7. The van der Waals surface area contributed by atoms with Gasteiger partial charge < -0.3 is 14.2 Å². The number of fused-ring (bicyclic) bond motifs is 1. The molecule has 1 fully saturated rings. The Kier molecular flexibility index (Phi) is 5.25. The monoisotopic (exact) mass is 405 g/mol. The fourth-order valence-corrected chi connectivity index (χ4v) is 3.99. The zero-order chi connectivity index (χ0) is 20.3. The van der Waals surface area contributed by atoms with Gasteiger partial charge in [0.2, 0.25) is 11.7 Å². The zero-order valence-corrected chi connectivity index (χ0v) is 16.6. The van der Waals surface area contributed by atoms with E-state index in [0.29, 0.717) is 38.0 Å². The lowest BCUT2D eigenvalue weighted by molar-refractivity contribution is -0.141. The van der Waals surface area contributed by atoms with Crippen LogP contribution in [0.4, 0.5) is 0 Å². The van der Waals surface area contributed by atoms with E-state index < -0.39 is 6.10 Å². The van der Waals surface area contributed by atoms with Crippen molar-refractivity contribution >= 4 is 5.91 Å². The zero-order valence-electron chi connectivity index (χ0n) is 16.6. The SMILES string of the molecule is O=C(CN1CCc2ccccc2C1)N1CCOC(c2nc(-c3ccncc3)no2)C1. The van der Waals surface area contributed by atoms with E-state index in [0.717, 1.165) is 25.1 Å². The molecule has 4 heterocycles. The normalized spacial score (nSPS) is 19.5. The van der Waals surface area contributed by atoms with Crippen molar-refractivity contribution in [3.8, 4) is 11.4 Å². The van der Waals surface area contributed by atoms with Crippen LogP contribution in [0.25, 0.3) is 11.4 Å². The number of aromatic nitrogens is 3. The summed E-state index contributed by atoms with van der Waals surface area (Å²) in [5.74, 6) is 0.995. The largest absolute Gasteiger partial charge is 0.365 e. The van der Waals surface area contributed by atoms with E-state index in [1.54, 1.807) is 12.4 Å². The van der Waals surface area contributed by atoms with Crippen LogP contribution in [0.5, 0.6) is 0 Å². The van der Waals surface area contributed by atoms with E-state index in [9.17, 15) is 4.79 Å². The summed E-state index contributed by atoms with van der Waals surface area (Å²) in [5.41, 5.74) is 3.52. The number of hydrogen-bond donors (Lipinski definition) is 0. The quantitative estimate of drug-likeness (QED) is 0.657. The Balaban J connectivity index is 1.22. The molecule has 0 bridgehead atoms. The number of rotatable bonds is 4. The second-order valence-corrected chi connectivity index (χ2v) is 7.62. The Labute approximate surface area is 174 Å².